The van der Waals surface area contributed by atoms with Gasteiger partial charge < -0.3 is 10.6 Å². The van der Waals surface area contributed by atoms with E-state index >= 15 is 0 Å². The number of alkyl halides is 3. The van der Waals surface area contributed by atoms with E-state index in [0.717, 1.165) is 17.8 Å². The first-order chi connectivity index (χ1) is 9.31. The third-order valence-corrected chi connectivity index (χ3v) is 4.11. The molecular weight excluding hydrogens is 313 g/mol. The lowest BCUT2D eigenvalue weighted by atomic mass is 10.4. The Hall–Kier alpha value is -1.03. The van der Waals surface area contributed by atoms with E-state index in [4.69, 9.17) is 0 Å². The Labute approximate surface area is 122 Å². The molecule has 10 heteroatoms. The Morgan fingerprint density at radius 3 is 2.75 bits per heavy atom. The number of nitrogens with zero attached hydrogens (tertiary/aromatic N) is 2. The van der Waals surface area contributed by atoms with Crippen LogP contribution < -0.4 is 10.6 Å². The third-order valence-electron chi connectivity index (χ3n) is 2.04. The lowest BCUT2D eigenvalue weighted by Gasteiger charge is -2.08. The first-order valence-electron chi connectivity index (χ1n) is 5.90. The average molecular weight is 328 g/mol. The Balaban J connectivity index is 2.45. The van der Waals surface area contributed by atoms with Crippen LogP contribution in [0.25, 0.3) is 0 Å². The van der Waals surface area contributed by atoms with Gasteiger partial charge in [0.05, 0.1) is 5.25 Å². The number of carbonyl (C=O) groups excluding carboxylic acids is 1. The van der Waals surface area contributed by atoms with Gasteiger partial charge in [0, 0.05) is 6.54 Å². The smallest absolute Gasteiger partial charge is 0.355 e. The SMILES string of the molecule is CCCNC(=O)[C@H](C)Sc1nnc(NCC(F)(F)F)s1. The van der Waals surface area contributed by atoms with Gasteiger partial charge in [-0.1, -0.05) is 30.0 Å². The van der Waals surface area contributed by atoms with Crippen molar-refractivity contribution < 1.29 is 18.0 Å². The Bertz CT molecular complexity index is 438. The van der Waals surface area contributed by atoms with Crippen LogP contribution in [0.1, 0.15) is 20.3 Å². The molecule has 1 aromatic rings. The fraction of sp³-hybridized carbons (Fsp3) is 0.700. The maximum Gasteiger partial charge on any atom is 0.405 e. The van der Waals surface area contributed by atoms with Gasteiger partial charge in [0.25, 0.3) is 0 Å². The van der Waals surface area contributed by atoms with E-state index in [9.17, 15) is 18.0 Å². The molecule has 2 N–H and O–H groups in total. The van der Waals surface area contributed by atoms with Crippen molar-refractivity contribution in [2.24, 2.45) is 0 Å². The van der Waals surface area contributed by atoms with E-state index < -0.39 is 12.7 Å². The summed E-state index contributed by atoms with van der Waals surface area (Å²) in [5, 5.41) is 11.9. The monoisotopic (exact) mass is 328 g/mol. The number of hydrogen-bond donors (Lipinski definition) is 2. The quantitative estimate of drug-likeness (QED) is 0.753. The largest absolute Gasteiger partial charge is 0.405 e. The highest BCUT2D eigenvalue weighted by molar-refractivity contribution is 8.02. The van der Waals surface area contributed by atoms with Crippen LogP contribution in [0.15, 0.2) is 4.34 Å². The van der Waals surface area contributed by atoms with E-state index in [2.05, 4.69) is 20.8 Å². The molecule has 0 saturated heterocycles. The van der Waals surface area contributed by atoms with Gasteiger partial charge in [-0.3, -0.25) is 4.79 Å². The molecule has 20 heavy (non-hydrogen) atoms. The number of carbonyl (C=O) groups is 1. The second-order valence-electron chi connectivity index (χ2n) is 3.89. The zero-order valence-electron chi connectivity index (χ0n) is 11.0. The minimum absolute atomic E-state index is 0.0889. The zero-order valence-corrected chi connectivity index (χ0v) is 12.6. The van der Waals surface area contributed by atoms with E-state index in [1.54, 1.807) is 6.92 Å². The molecule has 0 aliphatic carbocycles. The van der Waals surface area contributed by atoms with E-state index in [-0.39, 0.29) is 16.3 Å². The maximum absolute atomic E-state index is 12.0. The van der Waals surface area contributed by atoms with Gasteiger partial charge in [-0.15, -0.1) is 10.2 Å². The third kappa shape index (κ3) is 6.42. The number of halogens is 3. The minimum Gasteiger partial charge on any atom is -0.355 e. The Morgan fingerprint density at radius 1 is 1.45 bits per heavy atom. The first kappa shape index (κ1) is 17.0. The molecule has 0 aromatic carbocycles. The predicted molar refractivity (Wildman–Crippen MR) is 73.1 cm³/mol. The number of rotatable bonds is 7. The summed E-state index contributed by atoms with van der Waals surface area (Å²) < 4.78 is 36.5. The number of anilines is 1. The van der Waals surface area contributed by atoms with Crippen LogP contribution >= 0.6 is 23.1 Å². The fourth-order valence-corrected chi connectivity index (χ4v) is 3.02. The highest BCUT2D eigenvalue weighted by atomic mass is 32.2. The highest BCUT2D eigenvalue weighted by Crippen LogP contribution is 2.29. The molecule has 0 radical (unpaired) electrons. The van der Waals surface area contributed by atoms with Crippen LogP contribution in [0, 0.1) is 0 Å². The molecule has 1 rings (SSSR count). The number of amides is 1. The van der Waals surface area contributed by atoms with E-state index in [0.29, 0.717) is 10.9 Å². The first-order valence-corrected chi connectivity index (χ1v) is 7.60. The molecule has 0 bridgehead atoms. The van der Waals surface area contributed by atoms with Crippen molar-refractivity contribution in [3.05, 3.63) is 0 Å². The van der Waals surface area contributed by atoms with Gasteiger partial charge in [-0.2, -0.15) is 13.2 Å². The zero-order chi connectivity index (χ0) is 15.2. The van der Waals surface area contributed by atoms with Crippen molar-refractivity contribution in [3.8, 4) is 0 Å². The summed E-state index contributed by atoms with van der Waals surface area (Å²) >= 11 is 2.16. The van der Waals surface area contributed by atoms with Gasteiger partial charge >= 0.3 is 6.18 Å². The van der Waals surface area contributed by atoms with Crippen molar-refractivity contribution in [2.75, 3.05) is 18.4 Å². The standard InChI is InChI=1S/C10H15F3N4OS2/c1-3-4-14-7(18)6(2)19-9-17-16-8(20-9)15-5-10(11,12)13/h6H,3-5H2,1-2H3,(H,14,18)(H,15,16)/t6-/m0/s1. The molecule has 0 unspecified atom stereocenters. The second-order valence-corrected chi connectivity index (χ2v) is 6.46. The average Bonchev–Trinajstić information content (AvgIpc) is 2.80. The van der Waals surface area contributed by atoms with Crippen molar-refractivity contribution in [2.45, 2.75) is 36.0 Å². The van der Waals surface area contributed by atoms with Gasteiger partial charge in [0.15, 0.2) is 4.34 Å². The van der Waals surface area contributed by atoms with Crippen molar-refractivity contribution in [1.29, 1.82) is 0 Å². The van der Waals surface area contributed by atoms with Crippen molar-refractivity contribution in [3.63, 3.8) is 0 Å². The van der Waals surface area contributed by atoms with Gasteiger partial charge in [0.2, 0.25) is 11.0 Å². The van der Waals surface area contributed by atoms with Crippen LogP contribution in [-0.2, 0) is 4.79 Å². The van der Waals surface area contributed by atoms with Gasteiger partial charge in [-0.25, -0.2) is 0 Å². The van der Waals surface area contributed by atoms with Crippen molar-refractivity contribution >= 4 is 34.1 Å². The fourth-order valence-electron chi connectivity index (χ4n) is 1.10. The molecule has 1 amide bonds. The van der Waals surface area contributed by atoms with Crippen LogP contribution in [0.4, 0.5) is 18.3 Å². The van der Waals surface area contributed by atoms with Crippen LogP contribution in [-0.4, -0.2) is 40.6 Å². The topological polar surface area (TPSA) is 66.9 Å². The number of aromatic nitrogens is 2. The molecule has 5 nitrogen and oxygen atoms in total. The Morgan fingerprint density at radius 2 is 2.15 bits per heavy atom. The lowest BCUT2D eigenvalue weighted by molar-refractivity contribution is -0.120. The Kier molecular flexibility index (Phi) is 6.53. The molecule has 114 valence electrons. The van der Waals surface area contributed by atoms with Crippen LogP contribution in [0.5, 0.6) is 0 Å². The van der Waals surface area contributed by atoms with Crippen LogP contribution in [0.2, 0.25) is 0 Å². The summed E-state index contributed by atoms with van der Waals surface area (Å²) in [4.78, 5) is 11.6. The molecule has 1 atom stereocenters. The van der Waals surface area contributed by atoms with Crippen LogP contribution in [0.3, 0.4) is 0 Å². The van der Waals surface area contributed by atoms with E-state index in [1.165, 1.54) is 11.8 Å². The number of thioether (sulfide) groups is 1. The molecule has 1 aromatic heterocycles. The number of hydrogen-bond acceptors (Lipinski definition) is 6. The normalized spacial score (nSPS) is 13.1. The summed E-state index contributed by atoms with van der Waals surface area (Å²) in [5.74, 6) is -0.128. The molecule has 1 heterocycles. The number of nitrogens with one attached hydrogen (secondary N) is 2. The van der Waals surface area contributed by atoms with Gasteiger partial charge in [0.1, 0.15) is 6.54 Å². The van der Waals surface area contributed by atoms with E-state index in [1.807, 2.05) is 6.92 Å². The van der Waals surface area contributed by atoms with Gasteiger partial charge in [-0.05, 0) is 13.3 Å². The summed E-state index contributed by atoms with van der Waals surface area (Å²) in [6, 6.07) is 0. The summed E-state index contributed by atoms with van der Waals surface area (Å²) in [6.45, 7) is 3.10. The maximum atomic E-state index is 12.0. The molecular formula is C10H15F3N4OS2. The molecule has 0 saturated carbocycles. The summed E-state index contributed by atoms with van der Waals surface area (Å²) in [7, 11) is 0. The second kappa shape index (κ2) is 7.67. The lowest BCUT2D eigenvalue weighted by Crippen LogP contribution is -2.31. The highest BCUT2D eigenvalue weighted by Gasteiger charge is 2.27. The molecule has 0 aliphatic rings. The summed E-state index contributed by atoms with van der Waals surface area (Å²) in [5.41, 5.74) is 0. The summed E-state index contributed by atoms with van der Waals surface area (Å²) in [6.07, 6.45) is -3.46. The minimum atomic E-state index is -4.30. The predicted octanol–water partition coefficient (Wildman–Crippen LogP) is 2.52. The molecule has 0 aliphatic heterocycles. The van der Waals surface area contributed by atoms with Crippen molar-refractivity contribution in [1.82, 2.24) is 15.5 Å². The molecule has 0 fully saturated rings. The molecule has 0 spiro atoms.